The number of nitrogens with one attached hydrogen (secondary N) is 3. The zero-order valence-corrected chi connectivity index (χ0v) is 29.7. The normalized spacial score (nSPS) is 16.3. The molecule has 0 bridgehead atoms. The van der Waals surface area contributed by atoms with Crippen molar-refractivity contribution < 1.29 is 38.9 Å². The van der Waals surface area contributed by atoms with Gasteiger partial charge in [-0.3, -0.25) is 4.79 Å². The van der Waals surface area contributed by atoms with Crippen molar-refractivity contribution in [2.75, 3.05) is 31.4 Å². The van der Waals surface area contributed by atoms with Gasteiger partial charge in [0, 0.05) is 45.0 Å². The van der Waals surface area contributed by atoms with Gasteiger partial charge in [-0.05, 0) is 85.7 Å². The predicted octanol–water partition coefficient (Wildman–Crippen LogP) is 5.76. The Morgan fingerprint density at radius 3 is 2.30 bits per heavy atom. The van der Waals surface area contributed by atoms with E-state index in [4.69, 9.17) is 14.5 Å². The molecule has 236 valence electrons. The number of ketones is 1. The number of ether oxygens (including phenoxy) is 2. The van der Waals surface area contributed by atoms with Gasteiger partial charge in [-0.15, -0.1) is 0 Å². The Morgan fingerprint density at radius 1 is 0.957 bits per heavy atom. The van der Waals surface area contributed by atoms with Crippen LogP contribution in [0.1, 0.15) is 19.4 Å². The molecule has 0 saturated heterocycles. The number of allylic oxidation sites excluding steroid dienone is 7. The Balaban J connectivity index is 0.00000500. The van der Waals surface area contributed by atoms with Crippen molar-refractivity contribution in [3.05, 3.63) is 125 Å². The fourth-order valence-corrected chi connectivity index (χ4v) is 4.66. The van der Waals surface area contributed by atoms with Crippen LogP contribution >= 0.6 is 0 Å². The van der Waals surface area contributed by atoms with Gasteiger partial charge in [-0.1, -0.05) is 18.2 Å². The molecule has 1 aliphatic heterocycles. The Bertz CT molecular complexity index is 1830. The number of aromatic nitrogens is 2. The number of anilines is 2. The minimum atomic E-state index is -0.306. The van der Waals surface area contributed by atoms with Gasteiger partial charge in [0.2, 0.25) is 5.78 Å². The molecule has 0 saturated carbocycles. The Kier molecular flexibility index (Phi) is 12.0. The standard InChI is InChI=1S/C35H35N7O4.Zn/c1-22(40-28-16-24(18-30(45-3)34(28)43)20-38-32-12-5-7-14-36-32)26-10-9-11-27(42-26)23(2)41-29-17-25(19-31(46-4)35(29)44)21-39-33-13-6-8-15-37-33;/h5-19,42-43H,20-21H2,1-4H3,(H,36,38)(H,37,39);/b27-23+,40-22?,41-29?;. The van der Waals surface area contributed by atoms with Gasteiger partial charge >= 0.3 is 0 Å². The Hall–Kier alpha value is -5.35. The number of rotatable bonds is 11. The topological polar surface area (TPSA) is 142 Å². The third-order valence-electron chi connectivity index (χ3n) is 7.08. The summed E-state index contributed by atoms with van der Waals surface area (Å²) in [5.74, 6) is 1.60. The minimum Gasteiger partial charge on any atom is -0.503 e. The number of nitrogens with zero attached hydrogens (tertiary/aromatic N) is 4. The molecule has 2 aliphatic rings. The van der Waals surface area contributed by atoms with Gasteiger partial charge in [-0.2, -0.15) is 0 Å². The van der Waals surface area contributed by atoms with Crippen molar-refractivity contribution in [2.24, 2.45) is 9.98 Å². The number of hydrogen-bond acceptors (Lipinski definition) is 11. The molecule has 47 heavy (non-hydrogen) atoms. The monoisotopic (exact) mass is 681 g/mol. The van der Waals surface area contributed by atoms with Gasteiger partial charge in [0.15, 0.2) is 17.3 Å². The second-order valence-corrected chi connectivity index (χ2v) is 10.3. The van der Waals surface area contributed by atoms with Gasteiger partial charge in [0.1, 0.15) is 23.0 Å². The van der Waals surface area contributed by atoms with Gasteiger partial charge < -0.3 is 30.5 Å². The fraction of sp³-hybridized carbons (Fsp3) is 0.171. The van der Waals surface area contributed by atoms with Crippen LogP contribution in [0.25, 0.3) is 0 Å². The number of dihydropyridines is 1. The van der Waals surface area contributed by atoms with Crippen LogP contribution in [0, 0.1) is 0 Å². The fourth-order valence-electron chi connectivity index (χ4n) is 4.66. The summed E-state index contributed by atoms with van der Waals surface area (Å²) in [6.45, 7) is 4.55. The summed E-state index contributed by atoms with van der Waals surface area (Å²) in [7, 11) is 2.97. The first kappa shape index (κ1) is 34.5. The van der Waals surface area contributed by atoms with Crippen LogP contribution < -0.4 is 20.7 Å². The number of aliphatic imine (C=N–C) groups is 2. The van der Waals surface area contributed by atoms with Crippen LogP contribution in [0.15, 0.2) is 130 Å². The molecule has 0 fully saturated rings. The molecular formula is C35H35N7O4Zn. The molecule has 0 atom stereocenters. The second-order valence-electron chi connectivity index (χ2n) is 10.3. The summed E-state index contributed by atoms with van der Waals surface area (Å²) in [6.07, 6.45) is 12.5. The smallest absolute Gasteiger partial charge is 0.245 e. The van der Waals surface area contributed by atoms with E-state index in [2.05, 4.69) is 30.9 Å². The number of hydrogen-bond donors (Lipinski definition) is 4. The Labute approximate surface area is 286 Å². The number of aromatic hydroxyl groups is 1. The molecule has 1 aromatic carbocycles. The number of benzene rings is 1. The van der Waals surface area contributed by atoms with Crippen LogP contribution in [0.4, 0.5) is 17.3 Å². The largest absolute Gasteiger partial charge is 0.503 e. The number of pyridine rings is 2. The van der Waals surface area contributed by atoms with Crippen LogP contribution in [-0.2, 0) is 35.6 Å². The van der Waals surface area contributed by atoms with Crippen molar-refractivity contribution in [2.45, 2.75) is 20.4 Å². The quantitative estimate of drug-likeness (QED) is 0.113. The number of methoxy groups -OCH3 is 2. The van der Waals surface area contributed by atoms with E-state index < -0.39 is 0 Å². The molecule has 3 heterocycles. The maximum atomic E-state index is 13.1. The van der Waals surface area contributed by atoms with Crippen LogP contribution in [-0.4, -0.2) is 53.0 Å². The van der Waals surface area contributed by atoms with E-state index in [0.717, 1.165) is 22.8 Å². The van der Waals surface area contributed by atoms with E-state index in [0.29, 0.717) is 47.3 Å². The van der Waals surface area contributed by atoms with E-state index in [9.17, 15) is 9.90 Å². The number of phenolic OH excluding ortho intramolecular Hbond substituents is 1. The third kappa shape index (κ3) is 8.89. The summed E-state index contributed by atoms with van der Waals surface area (Å²) < 4.78 is 10.8. The number of carbonyl (C=O) groups excluding carboxylic acids is 1. The van der Waals surface area contributed by atoms with Crippen molar-refractivity contribution in [1.29, 1.82) is 0 Å². The summed E-state index contributed by atoms with van der Waals surface area (Å²) in [5, 5.41) is 20.7. The summed E-state index contributed by atoms with van der Waals surface area (Å²) in [6, 6.07) is 14.8. The molecule has 5 rings (SSSR count). The number of carbonyl (C=O) groups is 1. The van der Waals surface area contributed by atoms with E-state index in [1.807, 2.05) is 68.5 Å². The predicted molar refractivity (Wildman–Crippen MR) is 180 cm³/mol. The molecule has 3 aromatic rings. The minimum absolute atomic E-state index is 0. The molecule has 11 nitrogen and oxygen atoms in total. The first-order valence-corrected chi connectivity index (χ1v) is 14.6. The van der Waals surface area contributed by atoms with Crippen molar-refractivity contribution in [3.63, 3.8) is 0 Å². The molecule has 4 N–H and O–H groups in total. The maximum Gasteiger partial charge on any atom is 0.245 e. The molecule has 12 heteroatoms. The second kappa shape index (κ2) is 16.3. The molecule has 0 unspecified atom stereocenters. The van der Waals surface area contributed by atoms with Gasteiger partial charge in [0.05, 0.1) is 37.0 Å². The van der Waals surface area contributed by atoms with Crippen molar-refractivity contribution in [3.8, 4) is 11.5 Å². The Morgan fingerprint density at radius 2 is 1.66 bits per heavy atom. The van der Waals surface area contributed by atoms with Gasteiger partial charge in [-0.25, -0.2) is 20.0 Å². The molecule has 0 amide bonds. The molecule has 0 spiro atoms. The molecule has 1 aliphatic carbocycles. The number of Topliss-reactive ketones (excluding diaryl/α,β-unsaturated/α-hetero) is 1. The van der Waals surface area contributed by atoms with Crippen molar-refractivity contribution >= 4 is 34.5 Å². The third-order valence-corrected chi connectivity index (χ3v) is 7.08. The van der Waals surface area contributed by atoms with E-state index in [-0.39, 0.29) is 42.5 Å². The van der Waals surface area contributed by atoms with Crippen molar-refractivity contribution in [1.82, 2.24) is 15.3 Å². The van der Waals surface area contributed by atoms with E-state index >= 15 is 0 Å². The summed E-state index contributed by atoms with van der Waals surface area (Å²) in [4.78, 5) is 31.0. The van der Waals surface area contributed by atoms with Crippen LogP contribution in [0.5, 0.6) is 11.5 Å². The molecule has 0 radical (unpaired) electrons. The van der Waals surface area contributed by atoms with Crippen LogP contribution in [0.2, 0.25) is 0 Å². The summed E-state index contributed by atoms with van der Waals surface area (Å²) in [5.41, 5.74) is 4.90. The summed E-state index contributed by atoms with van der Waals surface area (Å²) >= 11 is 0. The SMILES string of the molecule is COC1=CC(CNc2ccccn2)=CC(=N/C(C)=C2\C=CC=C(C(C)=Nc3cc(CNc4ccccn4)cc(OC)c3O)N2)C1=O.[Zn]. The number of phenols is 1. The first-order valence-electron chi connectivity index (χ1n) is 14.6. The molecular weight excluding hydrogens is 648 g/mol. The zero-order valence-electron chi connectivity index (χ0n) is 26.7. The van der Waals surface area contributed by atoms with E-state index in [1.54, 1.807) is 36.7 Å². The average molecular weight is 683 g/mol. The average Bonchev–Trinajstić information content (AvgIpc) is 3.09. The van der Waals surface area contributed by atoms with Crippen LogP contribution in [0.3, 0.4) is 0 Å². The first-order chi connectivity index (χ1) is 22.3. The zero-order chi connectivity index (χ0) is 32.5. The maximum absolute atomic E-state index is 13.1. The molecule has 2 aromatic heterocycles. The van der Waals surface area contributed by atoms with E-state index in [1.165, 1.54) is 14.2 Å². The van der Waals surface area contributed by atoms with Gasteiger partial charge in [0.25, 0.3) is 0 Å².